The first kappa shape index (κ1) is 6.25. The minimum absolute atomic E-state index is 0.178. The Bertz CT molecular complexity index is 283. The zero-order valence-electron chi connectivity index (χ0n) is 5.07. The van der Waals surface area contributed by atoms with Gasteiger partial charge in [-0.25, -0.2) is 4.85 Å². The van der Waals surface area contributed by atoms with E-state index >= 15 is 0 Å². The molecule has 0 aliphatic rings. The number of hydrogen-bond donors (Lipinski definition) is 0. The van der Waals surface area contributed by atoms with E-state index in [0.717, 1.165) is 0 Å². The predicted octanol–water partition coefficient (Wildman–Crippen LogP) is 2.18. The average Bonchev–Trinajstić information content (AvgIpc) is 2.04. The molecule has 0 radical (unpaired) electrons. The molecule has 0 saturated carbocycles. The van der Waals surface area contributed by atoms with Gasteiger partial charge in [0.2, 0.25) is 5.69 Å². The van der Waals surface area contributed by atoms with Gasteiger partial charge in [-0.05, 0) is 6.07 Å². The fourth-order valence-electron chi connectivity index (χ4n) is 0.562. The van der Waals surface area contributed by atoms with E-state index in [2.05, 4.69) is 14.7 Å². The van der Waals surface area contributed by atoms with Crippen LogP contribution in [0.25, 0.3) is 9.69 Å². The van der Waals surface area contributed by atoms with E-state index in [0.29, 0.717) is 5.69 Å². The van der Waals surface area contributed by atoms with Crippen LogP contribution in [0.4, 0.5) is 11.5 Å². The monoisotopic (exact) mass is 129 g/mol. The second-order valence-corrected chi connectivity index (χ2v) is 1.57. The Kier molecular flexibility index (Phi) is 1.63. The van der Waals surface area contributed by atoms with Gasteiger partial charge < -0.3 is 4.85 Å². The molecule has 0 spiro atoms. The number of hydrogen-bond acceptors (Lipinski definition) is 1. The summed E-state index contributed by atoms with van der Waals surface area (Å²) in [4.78, 5) is 9.88. The van der Waals surface area contributed by atoms with Crippen molar-refractivity contribution in [2.45, 2.75) is 0 Å². The molecule has 0 saturated heterocycles. The molecule has 3 nitrogen and oxygen atoms in total. The van der Waals surface area contributed by atoms with Crippen LogP contribution in [0.15, 0.2) is 18.3 Å². The van der Waals surface area contributed by atoms with Gasteiger partial charge in [-0.3, -0.25) is 0 Å². The normalized spacial score (nSPS) is 7.80. The fourth-order valence-corrected chi connectivity index (χ4v) is 0.562. The van der Waals surface area contributed by atoms with Gasteiger partial charge in [0.25, 0.3) is 5.82 Å². The van der Waals surface area contributed by atoms with Crippen molar-refractivity contribution in [1.29, 1.82) is 0 Å². The van der Waals surface area contributed by atoms with Gasteiger partial charge in [0.05, 0.1) is 6.57 Å². The Labute approximate surface area is 58.6 Å². The quantitative estimate of drug-likeness (QED) is 0.492. The van der Waals surface area contributed by atoms with Crippen molar-refractivity contribution in [2.75, 3.05) is 0 Å². The van der Waals surface area contributed by atoms with Gasteiger partial charge in [0, 0.05) is 0 Å². The van der Waals surface area contributed by atoms with E-state index < -0.39 is 0 Å². The first-order valence-corrected chi connectivity index (χ1v) is 2.58. The summed E-state index contributed by atoms with van der Waals surface area (Å²) >= 11 is 0. The summed E-state index contributed by atoms with van der Waals surface area (Å²) in [5.74, 6) is 0.178. The largest absolute Gasteiger partial charge is 0.371 e. The minimum Gasteiger partial charge on any atom is -0.371 e. The Balaban J connectivity index is 3.28. The zero-order valence-corrected chi connectivity index (χ0v) is 5.07. The number of nitrogens with zero attached hydrogens (tertiary/aromatic N) is 3. The zero-order chi connectivity index (χ0) is 7.40. The minimum atomic E-state index is 0.178. The molecule has 0 unspecified atom stereocenters. The fraction of sp³-hybridized carbons (Fsp3) is 0. The van der Waals surface area contributed by atoms with Crippen molar-refractivity contribution >= 4 is 11.5 Å². The topological polar surface area (TPSA) is 21.6 Å². The molecular formula is C7H3N3. The molecule has 46 valence electrons. The van der Waals surface area contributed by atoms with E-state index in [4.69, 9.17) is 13.1 Å². The van der Waals surface area contributed by atoms with Gasteiger partial charge in [-0.1, -0.05) is 12.6 Å². The molecule has 0 atom stereocenters. The Hall–Kier alpha value is -1.87. The highest BCUT2D eigenvalue weighted by Gasteiger charge is 1.99. The van der Waals surface area contributed by atoms with E-state index in [9.17, 15) is 0 Å². The van der Waals surface area contributed by atoms with Crippen molar-refractivity contribution in [2.24, 2.45) is 0 Å². The molecule has 1 heterocycles. The molecule has 1 aromatic rings. The van der Waals surface area contributed by atoms with E-state index in [1.54, 1.807) is 12.1 Å². The summed E-state index contributed by atoms with van der Waals surface area (Å²) in [6.07, 6.45) is 1.50. The van der Waals surface area contributed by atoms with Gasteiger partial charge in [-0.15, -0.1) is 4.98 Å². The molecule has 0 aliphatic heterocycles. The van der Waals surface area contributed by atoms with Crippen LogP contribution in [-0.4, -0.2) is 4.98 Å². The summed E-state index contributed by atoms with van der Waals surface area (Å²) < 4.78 is 0. The molecule has 1 aromatic heterocycles. The summed E-state index contributed by atoms with van der Waals surface area (Å²) in [5.41, 5.74) is 0.317. The third-order valence-electron chi connectivity index (χ3n) is 0.992. The lowest BCUT2D eigenvalue weighted by molar-refractivity contribution is 1.36. The smallest absolute Gasteiger partial charge is 0.273 e. The Morgan fingerprint density at radius 3 is 2.60 bits per heavy atom. The van der Waals surface area contributed by atoms with Gasteiger partial charge in [-0.2, -0.15) is 0 Å². The first-order valence-electron chi connectivity index (χ1n) is 2.58. The van der Waals surface area contributed by atoms with Crippen LogP contribution in [0, 0.1) is 13.1 Å². The van der Waals surface area contributed by atoms with E-state index in [1.165, 1.54) is 6.20 Å². The molecule has 10 heavy (non-hydrogen) atoms. The number of rotatable bonds is 0. The van der Waals surface area contributed by atoms with Gasteiger partial charge in [0.1, 0.15) is 6.20 Å². The van der Waals surface area contributed by atoms with Crippen LogP contribution in [0.1, 0.15) is 0 Å². The molecule has 0 aromatic carbocycles. The highest BCUT2D eigenvalue weighted by Crippen LogP contribution is 2.23. The number of pyridine rings is 1. The summed E-state index contributed by atoms with van der Waals surface area (Å²) in [6.45, 7) is 13.2. The molecular weight excluding hydrogens is 126 g/mol. The van der Waals surface area contributed by atoms with E-state index in [-0.39, 0.29) is 5.82 Å². The summed E-state index contributed by atoms with van der Waals surface area (Å²) in [6, 6.07) is 3.22. The molecule has 0 bridgehead atoms. The van der Waals surface area contributed by atoms with E-state index in [1.807, 2.05) is 0 Å². The third kappa shape index (κ3) is 0.936. The average molecular weight is 129 g/mol. The van der Waals surface area contributed by atoms with Crippen LogP contribution >= 0.6 is 0 Å². The molecule has 0 amide bonds. The first-order chi connectivity index (χ1) is 4.88. The van der Waals surface area contributed by atoms with Crippen LogP contribution in [0.3, 0.4) is 0 Å². The number of aromatic nitrogens is 1. The molecule has 0 fully saturated rings. The predicted molar refractivity (Wildman–Crippen MR) is 36.8 cm³/mol. The van der Waals surface area contributed by atoms with Crippen LogP contribution in [-0.2, 0) is 0 Å². The Morgan fingerprint density at radius 1 is 1.30 bits per heavy atom. The highest BCUT2D eigenvalue weighted by molar-refractivity contribution is 5.65. The maximum Gasteiger partial charge on any atom is 0.273 e. The Morgan fingerprint density at radius 2 is 2.10 bits per heavy atom. The van der Waals surface area contributed by atoms with Crippen LogP contribution in [0.2, 0.25) is 0 Å². The second-order valence-electron chi connectivity index (χ2n) is 1.57. The maximum absolute atomic E-state index is 6.63. The molecule has 0 N–H and O–H groups in total. The molecule has 3 heteroatoms. The van der Waals surface area contributed by atoms with Gasteiger partial charge in [0.15, 0.2) is 0 Å². The second kappa shape index (κ2) is 2.61. The standard InChI is InChI=1S/C7H3N3/c1-8-6-4-3-5-10-7(6)9-2/h3-5H. The van der Waals surface area contributed by atoms with Gasteiger partial charge >= 0.3 is 0 Å². The maximum atomic E-state index is 6.63. The lowest BCUT2D eigenvalue weighted by atomic mass is 10.4. The highest BCUT2D eigenvalue weighted by atomic mass is 14.9. The summed E-state index contributed by atoms with van der Waals surface area (Å²) in [5, 5.41) is 0. The van der Waals surface area contributed by atoms with Crippen molar-refractivity contribution in [3.8, 4) is 0 Å². The third-order valence-corrected chi connectivity index (χ3v) is 0.992. The lowest BCUT2D eigenvalue weighted by Gasteiger charge is -1.87. The lowest BCUT2D eigenvalue weighted by Crippen LogP contribution is -1.67. The van der Waals surface area contributed by atoms with Crippen molar-refractivity contribution < 1.29 is 0 Å². The van der Waals surface area contributed by atoms with Crippen molar-refractivity contribution in [1.82, 2.24) is 4.98 Å². The van der Waals surface area contributed by atoms with Crippen molar-refractivity contribution in [3.05, 3.63) is 41.2 Å². The summed E-state index contributed by atoms with van der Waals surface area (Å²) in [7, 11) is 0. The van der Waals surface area contributed by atoms with Crippen molar-refractivity contribution in [3.63, 3.8) is 0 Å². The van der Waals surface area contributed by atoms with Crippen LogP contribution < -0.4 is 0 Å². The molecule has 0 aliphatic carbocycles. The molecule has 1 rings (SSSR count). The SMILES string of the molecule is [C-]#[N+]c1cccnc1[N+]#[C-]. The van der Waals surface area contributed by atoms with Crippen LogP contribution in [0.5, 0.6) is 0 Å².